The Morgan fingerprint density at radius 2 is 1.61 bits per heavy atom. The topological polar surface area (TPSA) is 29.5 Å². The van der Waals surface area contributed by atoms with E-state index >= 15 is 0 Å². The number of hydrogen-bond acceptors (Lipinski definition) is 2. The lowest BCUT2D eigenvalue weighted by atomic mass is 9.59. The number of rotatable bonds is 2. The van der Waals surface area contributed by atoms with Gasteiger partial charge in [-0.25, -0.2) is 0 Å². The Morgan fingerprint density at radius 3 is 2.06 bits per heavy atom. The molecule has 1 N–H and O–H groups in total. The van der Waals surface area contributed by atoms with Crippen molar-refractivity contribution in [2.75, 3.05) is 0 Å². The molecule has 18 heavy (non-hydrogen) atoms. The highest BCUT2D eigenvalue weighted by Crippen LogP contribution is 2.54. The molecule has 1 spiro atoms. The Morgan fingerprint density at radius 1 is 1.11 bits per heavy atom. The molecule has 0 radical (unpaired) electrons. The van der Waals surface area contributed by atoms with E-state index in [1.54, 1.807) is 0 Å². The minimum atomic E-state index is -1.58. The van der Waals surface area contributed by atoms with Gasteiger partial charge in [0.25, 0.3) is 0 Å². The number of aliphatic hydroxyl groups excluding tert-OH is 1. The van der Waals surface area contributed by atoms with Crippen molar-refractivity contribution >= 4 is 8.32 Å². The molecule has 0 aromatic rings. The molecule has 2 rings (SSSR count). The molecule has 0 aromatic carbocycles. The van der Waals surface area contributed by atoms with Crippen molar-refractivity contribution in [3.8, 4) is 0 Å². The lowest BCUT2D eigenvalue weighted by Crippen LogP contribution is -2.52. The minimum absolute atomic E-state index is 0.0315. The molecule has 0 amide bonds. The van der Waals surface area contributed by atoms with Crippen molar-refractivity contribution in [2.45, 2.75) is 89.6 Å². The molecular formula is C15H30O2Si. The van der Waals surface area contributed by atoms with Gasteiger partial charge in [0.15, 0.2) is 8.32 Å². The molecule has 0 atom stereocenters. The zero-order chi connectivity index (χ0) is 13.6. The number of hydrogen-bond donors (Lipinski definition) is 1. The van der Waals surface area contributed by atoms with Gasteiger partial charge in [-0.3, -0.25) is 0 Å². The Kier molecular flexibility index (Phi) is 3.72. The highest BCUT2D eigenvalue weighted by atomic mass is 28.4. The van der Waals surface area contributed by atoms with Gasteiger partial charge in [0.1, 0.15) is 0 Å². The lowest BCUT2D eigenvalue weighted by Gasteiger charge is -2.53. The van der Waals surface area contributed by atoms with Gasteiger partial charge in [0.2, 0.25) is 0 Å². The largest absolute Gasteiger partial charge is 0.414 e. The highest BCUT2D eigenvalue weighted by molar-refractivity contribution is 6.74. The highest BCUT2D eigenvalue weighted by Gasteiger charge is 2.49. The maximum atomic E-state index is 9.60. The van der Waals surface area contributed by atoms with Crippen LogP contribution in [0.1, 0.15) is 59.3 Å². The Hall–Kier alpha value is 0.137. The average molecular weight is 270 g/mol. The third kappa shape index (κ3) is 2.83. The molecule has 0 unspecified atom stereocenters. The normalized spacial score (nSPS) is 37.7. The molecule has 0 saturated heterocycles. The zero-order valence-corrected chi connectivity index (χ0v) is 13.8. The molecule has 3 heteroatoms. The van der Waals surface area contributed by atoms with Crippen molar-refractivity contribution in [2.24, 2.45) is 5.41 Å². The molecule has 2 saturated carbocycles. The standard InChI is InChI=1S/C15H30O2Si/c1-14(2,3)18(4,5)17-13-10-15(11-13)8-6-12(16)7-9-15/h12-13,16H,6-11H2,1-5H3. The van der Waals surface area contributed by atoms with Gasteiger partial charge in [-0.15, -0.1) is 0 Å². The molecule has 0 aromatic heterocycles. The molecule has 2 nitrogen and oxygen atoms in total. The van der Waals surface area contributed by atoms with Crippen molar-refractivity contribution in [3.05, 3.63) is 0 Å². The Bertz CT molecular complexity index is 290. The second-order valence-electron chi connectivity index (χ2n) is 8.14. The Labute approximate surface area is 113 Å². The van der Waals surface area contributed by atoms with E-state index in [2.05, 4.69) is 33.9 Å². The molecular weight excluding hydrogens is 240 g/mol. The van der Waals surface area contributed by atoms with Crippen LogP contribution in [0.3, 0.4) is 0 Å². The first kappa shape index (κ1) is 14.5. The summed E-state index contributed by atoms with van der Waals surface area (Å²) in [6, 6.07) is 0. The molecule has 0 bridgehead atoms. The fourth-order valence-corrected chi connectivity index (χ4v) is 4.56. The van der Waals surface area contributed by atoms with Crippen LogP contribution in [0.2, 0.25) is 18.1 Å². The van der Waals surface area contributed by atoms with E-state index in [4.69, 9.17) is 4.43 Å². The van der Waals surface area contributed by atoms with E-state index in [1.165, 1.54) is 25.7 Å². The third-order valence-electron chi connectivity index (χ3n) is 5.60. The van der Waals surface area contributed by atoms with Gasteiger partial charge in [-0.05, 0) is 62.1 Å². The SMILES string of the molecule is CC(C)(C)[Si](C)(C)OC1CC2(CCC(O)CC2)C1. The van der Waals surface area contributed by atoms with Crippen LogP contribution >= 0.6 is 0 Å². The van der Waals surface area contributed by atoms with Gasteiger partial charge in [0, 0.05) is 6.10 Å². The van der Waals surface area contributed by atoms with Gasteiger partial charge < -0.3 is 9.53 Å². The van der Waals surface area contributed by atoms with E-state index in [9.17, 15) is 5.11 Å². The third-order valence-corrected chi connectivity index (χ3v) is 10.1. The van der Waals surface area contributed by atoms with Gasteiger partial charge >= 0.3 is 0 Å². The molecule has 0 heterocycles. The van der Waals surface area contributed by atoms with E-state index in [0.717, 1.165) is 12.8 Å². The van der Waals surface area contributed by atoms with Crippen LogP contribution in [0.15, 0.2) is 0 Å². The summed E-state index contributed by atoms with van der Waals surface area (Å²) in [5.41, 5.74) is 0.534. The molecule has 2 aliphatic carbocycles. The second-order valence-corrected chi connectivity index (χ2v) is 12.9. The van der Waals surface area contributed by atoms with Crippen molar-refractivity contribution in [3.63, 3.8) is 0 Å². The first-order chi connectivity index (χ1) is 8.14. The smallest absolute Gasteiger partial charge is 0.192 e. The zero-order valence-electron chi connectivity index (χ0n) is 12.8. The molecule has 106 valence electrons. The first-order valence-electron chi connectivity index (χ1n) is 7.50. The Balaban J connectivity index is 1.83. The van der Waals surface area contributed by atoms with E-state index in [1.807, 2.05) is 0 Å². The minimum Gasteiger partial charge on any atom is -0.414 e. The molecule has 2 aliphatic rings. The summed E-state index contributed by atoms with van der Waals surface area (Å²) in [6.45, 7) is 11.6. The quantitative estimate of drug-likeness (QED) is 0.766. The van der Waals surface area contributed by atoms with E-state index in [-0.39, 0.29) is 6.10 Å². The number of aliphatic hydroxyl groups is 1. The molecule has 0 aliphatic heterocycles. The predicted octanol–water partition coefficient (Wildman–Crippen LogP) is 4.09. The summed E-state index contributed by atoms with van der Waals surface area (Å²) < 4.78 is 6.47. The first-order valence-corrected chi connectivity index (χ1v) is 10.4. The maximum absolute atomic E-state index is 9.60. The fourth-order valence-electron chi connectivity index (χ4n) is 3.21. The van der Waals surface area contributed by atoms with Gasteiger partial charge in [-0.1, -0.05) is 20.8 Å². The van der Waals surface area contributed by atoms with Crippen LogP contribution in [0.25, 0.3) is 0 Å². The van der Waals surface area contributed by atoms with E-state index < -0.39 is 8.32 Å². The fraction of sp³-hybridized carbons (Fsp3) is 1.00. The van der Waals surface area contributed by atoms with E-state index in [0.29, 0.717) is 16.6 Å². The average Bonchev–Trinajstić information content (AvgIpc) is 2.17. The van der Waals surface area contributed by atoms with Crippen LogP contribution in [-0.4, -0.2) is 25.6 Å². The summed E-state index contributed by atoms with van der Waals surface area (Å²) in [7, 11) is -1.58. The monoisotopic (exact) mass is 270 g/mol. The summed E-state index contributed by atoms with van der Waals surface area (Å²) >= 11 is 0. The summed E-state index contributed by atoms with van der Waals surface area (Å²) in [4.78, 5) is 0. The predicted molar refractivity (Wildman–Crippen MR) is 78.2 cm³/mol. The van der Waals surface area contributed by atoms with Crippen molar-refractivity contribution < 1.29 is 9.53 Å². The van der Waals surface area contributed by atoms with Crippen LogP contribution in [-0.2, 0) is 4.43 Å². The lowest BCUT2D eigenvalue weighted by molar-refractivity contribution is -0.0668. The molecule has 2 fully saturated rings. The summed E-state index contributed by atoms with van der Waals surface area (Å²) in [5, 5.41) is 9.91. The van der Waals surface area contributed by atoms with Crippen LogP contribution in [0.4, 0.5) is 0 Å². The van der Waals surface area contributed by atoms with Crippen LogP contribution < -0.4 is 0 Å². The van der Waals surface area contributed by atoms with Crippen LogP contribution in [0, 0.1) is 5.41 Å². The van der Waals surface area contributed by atoms with Crippen molar-refractivity contribution in [1.29, 1.82) is 0 Å². The second kappa shape index (κ2) is 4.60. The maximum Gasteiger partial charge on any atom is 0.192 e. The summed E-state index contributed by atoms with van der Waals surface area (Å²) in [5.74, 6) is 0. The van der Waals surface area contributed by atoms with Gasteiger partial charge in [-0.2, -0.15) is 0 Å². The van der Waals surface area contributed by atoms with Crippen LogP contribution in [0.5, 0.6) is 0 Å². The van der Waals surface area contributed by atoms with Crippen molar-refractivity contribution in [1.82, 2.24) is 0 Å². The summed E-state index contributed by atoms with van der Waals surface area (Å²) in [6.07, 6.45) is 7.40. The van der Waals surface area contributed by atoms with Gasteiger partial charge in [0.05, 0.1) is 6.10 Å².